The fraction of sp³-hybridized carbons (Fsp3) is 0.250. The Hall–Kier alpha value is -2.50. The van der Waals surface area contributed by atoms with Crippen LogP contribution < -0.4 is 0 Å². The van der Waals surface area contributed by atoms with E-state index in [0.29, 0.717) is 6.61 Å². The van der Waals surface area contributed by atoms with E-state index in [1.165, 1.54) is 17.7 Å². The summed E-state index contributed by atoms with van der Waals surface area (Å²) in [6.45, 7) is 3.03. The van der Waals surface area contributed by atoms with Crippen molar-refractivity contribution in [3.05, 3.63) is 78.0 Å². The first-order chi connectivity index (χ1) is 12.3. The van der Waals surface area contributed by atoms with E-state index in [4.69, 9.17) is 4.74 Å². The van der Waals surface area contributed by atoms with Crippen LogP contribution in [0.1, 0.15) is 17.4 Å². The Labute approximate surface area is 146 Å². The van der Waals surface area contributed by atoms with Gasteiger partial charge < -0.3 is 9.72 Å². The van der Waals surface area contributed by atoms with E-state index < -0.39 is 0 Å². The summed E-state index contributed by atoms with van der Waals surface area (Å²) in [5.74, 6) is 0.607. The lowest BCUT2D eigenvalue weighted by Crippen LogP contribution is -2.39. The molecule has 3 aromatic rings. The van der Waals surface area contributed by atoms with Crippen molar-refractivity contribution in [2.24, 2.45) is 0 Å². The topological polar surface area (TPSA) is 41.1 Å². The van der Waals surface area contributed by atoms with Crippen LogP contribution in [-0.4, -0.2) is 34.6 Å². The highest BCUT2D eigenvalue weighted by Crippen LogP contribution is 2.26. The van der Waals surface area contributed by atoms with Crippen molar-refractivity contribution in [2.75, 3.05) is 19.8 Å². The van der Waals surface area contributed by atoms with Crippen LogP contribution in [0.2, 0.25) is 0 Å². The van der Waals surface area contributed by atoms with Crippen molar-refractivity contribution in [1.82, 2.24) is 14.9 Å². The van der Waals surface area contributed by atoms with Gasteiger partial charge in [-0.15, -0.1) is 0 Å². The molecular formula is C20H20FN3O. The van der Waals surface area contributed by atoms with Crippen molar-refractivity contribution in [1.29, 1.82) is 0 Å². The van der Waals surface area contributed by atoms with Crippen LogP contribution in [0.5, 0.6) is 0 Å². The number of benzene rings is 2. The Morgan fingerprint density at radius 3 is 2.88 bits per heavy atom. The molecule has 1 N–H and O–H groups in total. The van der Waals surface area contributed by atoms with Gasteiger partial charge >= 0.3 is 0 Å². The van der Waals surface area contributed by atoms with E-state index in [1.807, 2.05) is 12.1 Å². The minimum Gasteiger partial charge on any atom is -0.378 e. The van der Waals surface area contributed by atoms with Crippen LogP contribution in [0.3, 0.4) is 0 Å². The van der Waals surface area contributed by atoms with Crippen LogP contribution in [0.15, 0.2) is 60.8 Å². The van der Waals surface area contributed by atoms with Crippen LogP contribution in [0.4, 0.5) is 4.39 Å². The van der Waals surface area contributed by atoms with E-state index in [9.17, 15) is 4.39 Å². The van der Waals surface area contributed by atoms with E-state index >= 15 is 0 Å². The molecule has 0 spiro atoms. The van der Waals surface area contributed by atoms with Crippen molar-refractivity contribution >= 4 is 0 Å². The maximum atomic E-state index is 13.5. The van der Waals surface area contributed by atoms with Crippen molar-refractivity contribution in [2.45, 2.75) is 12.6 Å². The number of imidazole rings is 1. The number of aromatic amines is 1. The highest BCUT2D eigenvalue weighted by atomic mass is 19.1. The molecule has 1 aliphatic rings. The highest BCUT2D eigenvalue weighted by Gasteiger charge is 2.27. The summed E-state index contributed by atoms with van der Waals surface area (Å²) in [6.07, 6.45) is 1.76. The molecule has 5 heteroatoms. The predicted molar refractivity (Wildman–Crippen MR) is 94.4 cm³/mol. The molecule has 1 saturated heterocycles. The number of aromatic nitrogens is 2. The lowest BCUT2D eigenvalue weighted by Gasteiger charge is -2.34. The average molecular weight is 337 g/mol. The number of H-pyrrole nitrogens is 1. The molecule has 2 aromatic carbocycles. The molecule has 0 saturated carbocycles. The minimum absolute atomic E-state index is 0.0660. The minimum atomic E-state index is -0.250. The van der Waals surface area contributed by atoms with Gasteiger partial charge in [-0.2, -0.15) is 0 Å². The molecule has 0 bridgehead atoms. The summed E-state index contributed by atoms with van der Waals surface area (Å²) in [7, 11) is 0. The molecule has 4 rings (SSSR count). The molecule has 0 amide bonds. The average Bonchev–Trinajstić information content (AvgIpc) is 3.13. The lowest BCUT2D eigenvalue weighted by molar-refractivity contribution is -0.0156. The summed E-state index contributed by atoms with van der Waals surface area (Å²) in [6, 6.07) is 17.0. The molecule has 1 aromatic heterocycles. The standard InChI is InChI=1S/C20H20FN3O/c21-17-8-4-7-16(11-17)18-12-22-20(23-18)19-14-25-10-9-24(19)13-15-5-2-1-3-6-15/h1-8,11-12,19H,9-10,13-14H2,(H,22,23). The SMILES string of the molecule is Fc1cccc(-c2cnc(C3COCCN3Cc3ccccc3)[nH]2)c1. The van der Waals surface area contributed by atoms with Crippen molar-refractivity contribution in [3.8, 4) is 11.3 Å². The van der Waals surface area contributed by atoms with Crippen LogP contribution in [0, 0.1) is 5.82 Å². The van der Waals surface area contributed by atoms with Gasteiger partial charge in [0, 0.05) is 18.7 Å². The third-order valence-electron chi connectivity index (χ3n) is 4.51. The number of nitrogens with one attached hydrogen (secondary N) is 1. The Kier molecular flexibility index (Phi) is 4.59. The van der Waals surface area contributed by atoms with Crippen molar-refractivity contribution in [3.63, 3.8) is 0 Å². The summed E-state index contributed by atoms with van der Waals surface area (Å²) in [4.78, 5) is 10.2. The number of nitrogens with zero attached hydrogens (tertiary/aromatic N) is 2. The Bertz CT molecular complexity index is 834. The quantitative estimate of drug-likeness (QED) is 0.787. The van der Waals surface area contributed by atoms with Crippen LogP contribution >= 0.6 is 0 Å². The molecule has 128 valence electrons. The van der Waals surface area contributed by atoms with Crippen LogP contribution in [0.25, 0.3) is 11.3 Å². The van der Waals surface area contributed by atoms with Gasteiger partial charge in [0.15, 0.2) is 0 Å². The second kappa shape index (κ2) is 7.17. The molecule has 1 aliphatic heterocycles. The number of hydrogen-bond donors (Lipinski definition) is 1. The maximum absolute atomic E-state index is 13.5. The van der Waals surface area contributed by atoms with Crippen LogP contribution in [-0.2, 0) is 11.3 Å². The molecule has 2 heterocycles. The van der Waals surface area contributed by atoms with Gasteiger partial charge in [0.2, 0.25) is 0 Å². The molecule has 0 radical (unpaired) electrons. The number of halogens is 1. The predicted octanol–water partition coefficient (Wildman–Crippen LogP) is 3.79. The zero-order valence-corrected chi connectivity index (χ0v) is 13.9. The van der Waals surface area contributed by atoms with E-state index in [1.54, 1.807) is 12.3 Å². The fourth-order valence-corrected chi connectivity index (χ4v) is 3.21. The lowest BCUT2D eigenvalue weighted by atomic mass is 10.1. The molecule has 0 aliphatic carbocycles. The normalized spacial score (nSPS) is 18.4. The van der Waals surface area contributed by atoms with Gasteiger partial charge in [0.25, 0.3) is 0 Å². The Balaban J connectivity index is 1.57. The first kappa shape index (κ1) is 16.0. The fourth-order valence-electron chi connectivity index (χ4n) is 3.21. The number of ether oxygens (including phenoxy) is 1. The Morgan fingerprint density at radius 2 is 2.04 bits per heavy atom. The largest absolute Gasteiger partial charge is 0.378 e. The highest BCUT2D eigenvalue weighted by molar-refractivity contribution is 5.58. The third kappa shape index (κ3) is 3.62. The molecule has 1 unspecified atom stereocenters. The van der Waals surface area contributed by atoms with Gasteiger partial charge in [-0.05, 0) is 17.7 Å². The number of morpholine rings is 1. The first-order valence-electron chi connectivity index (χ1n) is 8.46. The van der Waals surface area contributed by atoms with Crippen molar-refractivity contribution < 1.29 is 9.13 Å². The third-order valence-corrected chi connectivity index (χ3v) is 4.51. The summed E-state index contributed by atoms with van der Waals surface area (Å²) in [5, 5.41) is 0. The Morgan fingerprint density at radius 1 is 1.16 bits per heavy atom. The second-order valence-corrected chi connectivity index (χ2v) is 6.24. The summed E-state index contributed by atoms with van der Waals surface area (Å²) >= 11 is 0. The summed E-state index contributed by atoms with van der Waals surface area (Å²) < 4.78 is 19.1. The molecule has 1 fully saturated rings. The van der Waals surface area contributed by atoms with E-state index in [0.717, 1.165) is 36.8 Å². The van der Waals surface area contributed by atoms with Gasteiger partial charge in [-0.3, -0.25) is 4.90 Å². The maximum Gasteiger partial charge on any atom is 0.126 e. The number of rotatable bonds is 4. The zero-order chi connectivity index (χ0) is 17.1. The van der Waals surface area contributed by atoms with Gasteiger partial charge in [0.05, 0.1) is 31.1 Å². The van der Waals surface area contributed by atoms with Gasteiger partial charge in [0.1, 0.15) is 11.6 Å². The summed E-state index contributed by atoms with van der Waals surface area (Å²) in [5.41, 5.74) is 2.89. The zero-order valence-electron chi connectivity index (χ0n) is 13.9. The second-order valence-electron chi connectivity index (χ2n) is 6.24. The molecular weight excluding hydrogens is 317 g/mol. The first-order valence-corrected chi connectivity index (χ1v) is 8.46. The smallest absolute Gasteiger partial charge is 0.126 e. The molecule has 4 nitrogen and oxygen atoms in total. The van der Waals surface area contributed by atoms with Gasteiger partial charge in [-0.25, -0.2) is 9.37 Å². The molecule has 25 heavy (non-hydrogen) atoms. The van der Waals surface area contributed by atoms with E-state index in [2.05, 4.69) is 39.1 Å². The van der Waals surface area contributed by atoms with Gasteiger partial charge in [-0.1, -0.05) is 42.5 Å². The molecule has 1 atom stereocenters. The monoisotopic (exact) mass is 337 g/mol. The van der Waals surface area contributed by atoms with E-state index in [-0.39, 0.29) is 11.9 Å². The number of hydrogen-bond acceptors (Lipinski definition) is 3.